The van der Waals surface area contributed by atoms with Gasteiger partial charge in [0, 0.05) is 6.42 Å². The zero-order chi connectivity index (χ0) is 26.8. The molecule has 2 heterocycles. The summed E-state index contributed by atoms with van der Waals surface area (Å²) in [7, 11) is 0. The Morgan fingerprint density at radius 1 is 1.24 bits per heavy atom. The summed E-state index contributed by atoms with van der Waals surface area (Å²) >= 11 is 6.50. The smallest absolute Gasteiger partial charge is 0.306 e. The number of carboxylic acids is 1. The third kappa shape index (κ3) is 5.94. The summed E-state index contributed by atoms with van der Waals surface area (Å²) < 4.78 is 26.1. The van der Waals surface area contributed by atoms with Crippen molar-refractivity contribution in [3.05, 3.63) is 52.5 Å². The predicted octanol–water partition coefficient (Wildman–Crippen LogP) is 5.67. The van der Waals surface area contributed by atoms with Crippen LogP contribution in [0.2, 0.25) is 5.02 Å². The Kier molecular flexibility index (Phi) is 7.85. The minimum atomic E-state index is -1.09. The molecule has 2 atom stereocenters. The summed E-state index contributed by atoms with van der Waals surface area (Å²) in [6, 6.07) is 11.0. The average Bonchev–Trinajstić information content (AvgIpc) is 3.48. The Balaban J connectivity index is 1.17. The molecular weight excluding hydrogens is 513 g/mol. The van der Waals surface area contributed by atoms with E-state index in [9.17, 15) is 14.0 Å². The minimum absolute atomic E-state index is 0.0448. The van der Waals surface area contributed by atoms with Gasteiger partial charge in [-0.1, -0.05) is 29.8 Å². The summed E-state index contributed by atoms with van der Waals surface area (Å²) in [4.78, 5) is 30.3. The van der Waals surface area contributed by atoms with Crippen LogP contribution in [-0.2, 0) is 20.7 Å². The van der Waals surface area contributed by atoms with E-state index < -0.39 is 12.1 Å². The molecule has 1 amide bonds. The SMILES string of the molecule is Cc1cccc2oc(Nc3ccc(CC(=O)N4C[C@@H](F)C[C@H]4COC4CCC(C(=O)O)CC4)cc3Cl)nc12. The van der Waals surface area contributed by atoms with Gasteiger partial charge in [-0.3, -0.25) is 9.59 Å². The number of fused-ring (bicyclic) bond motifs is 1. The summed E-state index contributed by atoms with van der Waals surface area (Å²) in [6.45, 7) is 2.26. The molecule has 2 aliphatic rings. The predicted molar refractivity (Wildman–Crippen MR) is 142 cm³/mol. The largest absolute Gasteiger partial charge is 0.481 e. The molecule has 1 aliphatic carbocycles. The van der Waals surface area contributed by atoms with Crippen LogP contribution in [0.3, 0.4) is 0 Å². The zero-order valence-electron chi connectivity index (χ0n) is 21.2. The van der Waals surface area contributed by atoms with Crippen molar-refractivity contribution in [3.63, 3.8) is 0 Å². The van der Waals surface area contributed by atoms with Crippen LogP contribution in [0, 0.1) is 12.8 Å². The lowest BCUT2D eigenvalue weighted by molar-refractivity contribution is -0.144. The second-order valence-corrected chi connectivity index (χ2v) is 10.6. The number of alkyl halides is 1. The van der Waals surface area contributed by atoms with Crippen LogP contribution in [0.1, 0.15) is 43.2 Å². The number of carbonyl (C=O) groups is 2. The molecule has 8 nitrogen and oxygen atoms in total. The Morgan fingerprint density at radius 3 is 2.74 bits per heavy atom. The number of aryl methyl sites for hydroxylation is 1. The maximum Gasteiger partial charge on any atom is 0.306 e. The monoisotopic (exact) mass is 543 g/mol. The van der Waals surface area contributed by atoms with Crippen molar-refractivity contribution in [3.8, 4) is 0 Å². The number of hydrogen-bond acceptors (Lipinski definition) is 6. The molecule has 5 rings (SSSR count). The fraction of sp³-hybridized carbons (Fsp3) is 0.464. The molecule has 2 N–H and O–H groups in total. The standard InChI is InChI=1S/C28H31ClFN3O5/c1-16-3-2-4-24-26(16)32-28(38-24)31-23-10-5-17(11-22(23)29)12-25(34)33-14-19(30)13-20(33)15-37-21-8-6-18(7-9-21)27(35)36/h2-5,10-11,18-21H,6-9,12-15H2,1H3,(H,31,32)(H,35,36)/t18?,19-,20-,21?/m0/s1. The molecule has 2 aromatic carbocycles. The highest BCUT2D eigenvalue weighted by atomic mass is 35.5. The van der Waals surface area contributed by atoms with E-state index in [4.69, 9.17) is 25.9 Å². The van der Waals surface area contributed by atoms with Gasteiger partial charge in [0.15, 0.2) is 5.58 Å². The van der Waals surface area contributed by atoms with Crippen molar-refractivity contribution in [2.45, 2.75) is 63.8 Å². The van der Waals surface area contributed by atoms with Gasteiger partial charge >= 0.3 is 5.97 Å². The van der Waals surface area contributed by atoms with Crippen molar-refractivity contribution in [1.29, 1.82) is 0 Å². The first-order valence-corrected chi connectivity index (χ1v) is 13.3. The van der Waals surface area contributed by atoms with Crippen molar-refractivity contribution in [2.24, 2.45) is 5.92 Å². The molecule has 0 unspecified atom stereocenters. The number of para-hydroxylation sites is 1. The van der Waals surface area contributed by atoms with Crippen molar-refractivity contribution < 1.29 is 28.2 Å². The van der Waals surface area contributed by atoms with Crippen LogP contribution in [0.25, 0.3) is 11.1 Å². The number of hydrogen-bond donors (Lipinski definition) is 2. The van der Waals surface area contributed by atoms with E-state index in [1.165, 1.54) is 0 Å². The molecule has 0 radical (unpaired) electrons. The van der Waals surface area contributed by atoms with Gasteiger partial charge in [-0.25, -0.2) is 4.39 Å². The van der Waals surface area contributed by atoms with Crippen molar-refractivity contribution >= 4 is 46.3 Å². The van der Waals surface area contributed by atoms with Gasteiger partial charge in [0.25, 0.3) is 6.01 Å². The summed E-state index contributed by atoms with van der Waals surface area (Å²) in [5, 5.41) is 12.7. The fourth-order valence-electron chi connectivity index (χ4n) is 5.35. The highest BCUT2D eigenvalue weighted by Gasteiger charge is 2.36. The van der Waals surface area contributed by atoms with Crippen LogP contribution < -0.4 is 5.32 Å². The Hall–Kier alpha value is -3.17. The number of ether oxygens (including phenoxy) is 1. The number of carboxylic acid groups (broad SMARTS) is 1. The molecule has 2 fully saturated rings. The molecule has 38 heavy (non-hydrogen) atoms. The normalized spacial score (nSPS) is 23.6. The first kappa shape index (κ1) is 26.4. The van der Waals surface area contributed by atoms with Crippen LogP contribution in [-0.4, -0.2) is 58.3 Å². The number of aliphatic carboxylic acids is 1. The second-order valence-electron chi connectivity index (χ2n) is 10.2. The molecule has 0 spiro atoms. The number of likely N-dealkylation sites (tertiary alicyclic amines) is 1. The minimum Gasteiger partial charge on any atom is -0.481 e. The van der Waals surface area contributed by atoms with Gasteiger partial charge in [0.1, 0.15) is 11.7 Å². The molecule has 1 aliphatic heterocycles. The number of carbonyl (C=O) groups excluding carboxylic acids is 1. The maximum atomic E-state index is 14.3. The molecule has 202 valence electrons. The lowest BCUT2D eigenvalue weighted by Crippen LogP contribution is -2.40. The number of anilines is 2. The molecule has 1 aromatic heterocycles. The number of nitrogens with one attached hydrogen (secondary N) is 1. The van der Waals surface area contributed by atoms with E-state index in [-0.39, 0.29) is 50.0 Å². The number of amides is 1. The number of nitrogens with zero attached hydrogens (tertiary/aromatic N) is 2. The zero-order valence-corrected chi connectivity index (χ0v) is 21.9. The van der Waals surface area contributed by atoms with E-state index in [0.717, 1.165) is 11.1 Å². The van der Waals surface area contributed by atoms with Crippen LogP contribution in [0.4, 0.5) is 16.1 Å². The van der Waals surface area contributed by atoms with Crippen LogP contribution >= 0.6 is 11.6 Å². The number of halogens is 2. The molecule has 0 bridgehead atoms. The van der Waals surface area contributed by atoms with E-state index >= 15 is 0 Å². The maximum absolute atomic E-state index is 14.3. The Morgan fingerprint density at radius 2 is 2.03 bits per heavy atom. The molecule has 1 saturated carbocycles. The number of oxazole rings is 1. The quantitative estimate of drug-likeness (QED) is 0.377. The van der Waals surface area contributed by atoms with E-state index in [1.807, 2.05) is 25.1 Å². The topological polar surface area (TPSA) is 105 Å². The molecule has 1 saturated heterocycles. The van der Waals surface area contributed by atoms with Gasteiger partial charge < -0.3 is 24.5 Å². The van der Waals surface area contributed by atoms with Crippen molar-refractivity contribution in [2.75, 3.05) is 18.5 Å². The van der Waals surface area contributed by atoms with Crippen LogP contribution in [0.5, 0.6) is 0 Å². The molecular formula is C28H31ClFN3O5. The molecule has 3 aromatic rings. The van der Waals surface area contributed by atoms with E-state index in [2.05, 4.69) is 10.3 Å². The van der Waals surface area contributed by atoms with Gasteiger partial charge in [-0.15, -0.1) is 0 Å². The molecule has 10 heteroatoms. The first-order chi connectivity index (χ1) is 18.3. The van der Waals surface area contributed by atoms with Gasteiger partial charge in [-0.2, -0.15) is 4.98 Å². The van der Waals surface area contributed by atoms with Gasteiger partial charge in [0.05, 0.1) is 48.3 Å². The number of rotatable bonds is 8. The lowest BCUT2D eigenvalue weighted by Gasteiger charge is -2.29. The Bertz CT molecular complexity index is 1320. The van der Waals surface area contributed by atoms with Crippen molar-refractivity contribution in [1.82, 2.24) is 9.88 Å². The third-order valence-electron chi connectivity index (χ3n) is 7.48. The summed E-state index contributed by atoms with van der Waals surface area (Å²) in [5.41, 5.74) is 3.77. The van der Waals surface area contributed by atoms with Gasteiger partial charge in [0.2, 0.25) is 5.91 Å². The summed E-state index contributed by atoms with van der Waals surface area (Å²) in [5.74, 6) is -1.26. The Labute approximate surface area is 225 Å². The highest BCUT2D eigenvalue weighted by Crippen LogP contribution is 2.31. The van der Waals surface area contributed by atoms with E-state index in [0.29, 0.717) is 53.6 Å². The number of benzene rings is 2. The number of aromatic nitrogens is 1. The first-order valence-electron chi connectivity index (χ1n) is 13.0. The average molecular weight is 544 g/mol. The second kappa shape index (κ2) is 11.3. The fourth-order valence-corrected chi connectivity index (χ4v) is 5.60. The lowest BCUT2D eigenvalue weighted by atomic mass is 9.87. The van der Waals surface area contributed by atoms with E-state index in [1.54, 1.807) is 23.1 Å². The summed E-state index contributed by atoms with van der Waals surface area (Å²) in [6.07, 6.45) is 1.68. The van der Waals surface area contributed by atoms with Crippen LogP contribution in [0.15, 0.2) is 40.8 Å². The van der Waals surface area contributed by atoms with Gasteiger partial charge in [-0.05, 0) is 61.9 Å². The highest BCUT2D eigenvalue weighted by molar-refractivity contribution is 6.33. The third-order valence-corrected chi connectivity index (χ3v) is 7.80.